The van der Waals surface area contributed by atoms with E-state index in [1.54, 1.807) is 103 Å². The minimum Gasteiger partial charge on any atom is -0.435 e. The van der Waals surface area contributed by atoms with E-state index >= 15 is 0 Å². The third-order valence-corrected chi connectivity index (χ3v) is 19.3. The number of hydrogen-bond acceptors (Lipinski definition) is 24. The van der Waals surface area contributed by atoms with Gasteiger partial charge in [0.2, 0.25) is 23.6 Å². The Balaban J connectivity index is 0.000000113. The van der Waals surface area contributed by atoms with E-state index in [0.717, 1.165) is 102 Å². The van der Waals surface area contributed by atoms with E-state index < -0.39 is 0 Å². The lowest BCUT2D eigenvalue weighted by Gasteiger charge is -2.11. The van der Waals surface area contributed by atoms with Crippen molar-refractivity contribution in [1.82, 2.24) is 64.7 Å². The average molecular weight is 1590 g/mol. The van der Waals surface area contributed by atoms with Crippen LogP contribution >= 0.6 is 46.4 Å². The molecule has 0 atom stereocenters. The van der Waals surface area contributed by atoms with Crippen LogP contribution in [-0.2, 0) is 26.2 Å². The number of ketones is 1. The second kappa shape index (κ2) is 35.0. The second-order valence-electron chi connectivity index (χ2n) is 25.8. The van der Waals surface area contributed by atoms with Crippen LogP contribution in [0.5, 0.6) is 23.4 Å². The van der Waals surface area contributed by atoms with Gasteiger partial charge in [0.25, 0.3) is 0 Å². The van der Waals surface area contributed by atoms with E-state index in [1.807, 2.05) is 147 Å². The Kier molecular flexibility index (Phi) is 23.2. The molecule has 4 aliphatic rings. The maximum Gasteiger partial charge on any atom is 0.250 e. The highest BCUT2D eigenvalue weighted by molar-refractivity contribution is 6.35. The van der Waals surface area contributed by atoms with Crippen molar-refractivity contribution in [3.63, 3.8) is 0 Å². The molecule has 0 saturated heterocycles. The van der Waals surface area contributed by atoms with Crippen molar-refractivity contribution in [2.24, 2.45) is 20.0 Å². The highest BCUT2D eigenvalue weighted by atomic mass is 35.5. The summed E-state index contributed by atoms with van der Waals surface area (Å²) in [6.45, 7) is 10.5. The zero-order chi connectivity index (χ0) is 78.4. The highest BCUT2D eigenvalue weighted by Crippen LogP contribution is 2.36. The number of aromatic nitrogens is 13. The molecule has 19 rings (SSSR count). The number of ether oxygens (including phenoxy) is 2. The summed E-state index contributed by atoms with van der Waals surface area (Å²) < 4.78 is 13.1. The number of pyridine rings is 7. The van der Waals surface area contributed by atoms with Crippen molar-refractivity contribution in [1.29, 1.82) is 0 Å². The predicted octanol–water partition coefficient (Wildman–Crippen LogP) is 18.5. The van der Waals surface area contributed by atoms with Crippen LogP contribution in [0.4, 0.5) is 34.4 Å². The molecule has 5 N–H and O–H groups in total. The number of halogens is 4. The second-order valence-corrected chi connectivity index (χ2v) is 27.4. The number of amidine groups is 4. The van der Waals surface area contributed by atoms with Gasteiger partial charge < -0.3 is 36.1 Å². The van der Waals surface area contributed by atoms with Gasteiger partial charge in [-0.3, -0.25) is 49.7 Å². The van der Waals surface area contributed by atoms with Gasteiger partial charge in [-0.2, -0.15) is 9.61 Å². The Hall–Kier alpha value is -13.9. The Morgan fingerprint density at radius 3 is 1.60 bits per heavy atom. The number of nitrogens with one attached hydrogen (secondary N) is 5. The molecule has 0 saturated carbocycles. The van der Waals surface area contributed by atoms with E-state index in [2.05, 4.69) is 139 Å². The number of aryl methyl sites for hydroxylation is 4. The van der Waals surface area contributed by atoms with Crippen molar-refractivity contribution in [3.8, 4) is 23.4 Å². The van der Waals surface area contributed by atoms with Gasteiger partial charge in [0, 0.05) is 123 Å². The first-order valence-electron chi connectivity index (χ1n) is 35.7. The maximum atomic E-state index is 12.8. The molecule has 5 aromatic carbocycles. The van der Waals surface area contributed by atoms with Crippen LogP contribution < -0.4 is 36.1 Å². The summed E-state index contributed by atoms with van der Waals surface area (Å²) in [4.78, 5) is 69.3. The zero-order valence-electron chi connectivity index (χ0n) is 61.3. The minimum absolute atomic E-state index is 0.0788. The van der Waals surface area contributed by atoms with Crippen LogP contribution in [0.15, 0.2) is 270 Å². The van der Waals surface area contributed by atoms with E-state index in [-0.39, 0.29) is 5.78 Å². The van der Waals surface area contributed by atoms with Crippen molar-refractivity contribution in [2.45, 2.75) is 53.9 Å². The Morgan fingerprint density at radius 1 is 0.377 bits per heavy atom. The molecular weight excluding hydrogens is 1520 g/mol. The van der Waals surface area contributed by atoms with Crippen LogP contribution in [0, 0.1) is 27.7 Å². The lowest BCUT2D eigenvalue weighted by Crippen LogP contribution is -2.13. The third kappa shape index (κ3) is 18.0. The number of carbonyl (C=O) groups is 1. The van der Waals surface area contributed by atoms with Crippen molar-refractivity contribution in [2.75, 3.05) is 26.6 Å². The molecule has 0 unspecified atom stereocenters. The topological polar surface area (TPSA) is 304 Å². The molecule has 0 amide bonds. The molecule has 29 heteroatoms. The van der Waals surface area contributed by atoms with E-state index in [0.29, 0.717) is 109 Å². The fourth-order valence-corrected chi connectivity index (χ4v) is 12.9. The summed E-state index contributed by atoms with van der Waals surface area (Å²) in [5, 5.41) is 31.3. The number of hydrogen-bond donors (Lipinski definition) is 5. The molecule has 0 aliphatic carbocycles. The molecule has 14 heterocycles. The van der Waals surface area contributed by atoms with Crippen molar-refractivity contribution in [3.05, 3.63) is 349 Å². The molecule has 0 fully saturated rings. The number of nitrogens with zero attached hydrogens (tertiary/aromatic N) is 17. The van der Waals surface area contributed by atoms with Crippen LogP contribution in [0.25, 0.3) is 16.6 Å². The fourth-order valence-electron chi connectivity index (χ4n) is 12.0. The SMILES string of the molecule is Cc1ccc(NC2=NCc3nccnc32)cc1C.Cc1ccc(Nc2nnc3cccnn23)cc1Cl.Cc1ccccc1C(=O)c1ccc(NC2=NCc3cccnc32)cc1Cl.Clc1cc(NC2=NCc3cccnc32)ccc1Oc1nccc2cccnc12.Clc1cc(NC2=NCc3cccnc32)cnc1Oc1ccccn1. The van der Waals surface area contributed by atoms with Gasteiger partial charge in [-0.15, -0.1) is 10.2 Å². The summed E-state index contributed by atoms with van der Waals surface area (Å²) in [5.41, 5.74) is 18.9. The number of carbonyl (C=O) groups excluding carboxylic acids is 1. The van der Waals surface area contributed by atoms with Crippen LogP contribution in [-0.4, -0.2) is 93.8 Å². The molecule has 10 aromatic heterocycles. The van der Waals surface area contributed by atoms with Crippen LogP contribution in [0.1, 0.15) is 83.3 Å². The molecule has 4 aliphatic heterocycles. The minimum atomic E-state index is -0.0788. The Morgan fingerprint density at radius 2 is 0.939 bits per heavy atom. The highest BCUT2D eigenvalue weighted by Gasteiger charge is 2.24. The average Bonchev–Trinajstić information content (AvgIpc) is 1.25. The lowest BCUT2D eigenvalue weighted by atomic mass is 9.99. The first-order valence-corrected chi connectivity index (χ1v) is 37.2. The molecule has 0 spiro atoms. The van der Waals surface area contributed by atoms with Crippen molar-refractivity contribution >= 4 is 126 Å². The molecule has 25 nitrogen and oxygen atoms in total. The smallest absolute Gasteiger partial charge is 0.250 e. The molecule has 0 bridgehead atoms. The third-order valence-electron chi connectivity index (χ3n) is 18.0. The van der Waals surface area contributed by atoms with Gasteiger partial charge >= 0.3 is 0 Å². The monoisotopic (exact) mass is 1580 g/mol. The van der Waals surface area contributed by atoms with Gasteiger partial charge in [0.1, 0.15) is 39.1 Å². The first-order chi connectivity index (χ1) is 55.7. The number of fused-ring (bicyclic) bond motifs is 6. The quantitative estimate of drug-likeness (QED) is 0.0710. The molecule has 562 valence electrons. The van der Waals surface area contributed by atoms with E-state index in [1.165, 1.54) is 11.1 Å². The fraction of sp³-hybridized carbons (Fsp3) is 0.0941. The Labute approximate surface area is 673 Å². The van der Waals surface area contributed by atoms with Gasteiger partial charge in [-0.05, 0) is 165 Å². The predicted molar refractivity (Wildman–Crippen MR) is 447 cm³/mol. The van der Waals surface area contributed by atoms with Gasteiger partial charge in [-0.25, -0.2) is 19.9 Å². The molecule has 15 aromatic rings. The maximum absolute atomic E-state index is 12.8. The summed E-state index contributed by atoms with van der Waals surface area (Å²) >= 11 is 25.2. The van der Waals surface area contributed by atoms with Gasteiger partial charge in [0.15, 0.2) is 34.8 Å². The summed E-state index contributed by atoms with van der Waals surface area (Å²) in [6, 6.07) is 58.5. The normalized spacial score (nSPS) is 12.3. The first kappa shape index (κ1) is 75.6. The molecular formula is C85H66Cl4N22O3. The standard InChI is InChI=1S/C21H14ClN5O.C21H16ClN3O.C17H12ClN5O.C14H14N4.C12H10ClN5/c22-16-11-15(27-20-18-14(12-26-20)4-2-8-23-18)5-6-17(16)28-21-19-13(7-10-25-21)3-1-9-24-19;1-13-5-2-3-7-16(13)20(26)17-9-8-15(11-18(17)22)25-21-19-14(12-24-21)6-4-10-23-19;18-13-8-12(10-22-17(13)24-14-5-1-2-6-19-14)23-16-15-11(9-21-16)4-3-7-20-15;1-9-3-4-11(7-10(9)2)18-14-13-12(8-17-14)15-5-6-16-13;1-8-4-5-9(7-10(8)13)15-12-17-16-11-3-2-6-14-18(11)12/h1-11H,12H2,(H,26,27);2-11H,12H2,1H3,(H,24,25);1-8,10H,9H2,(H,21,23);3-7H,8H2,1-2H3,(H,17,18);2-7H,1H3,(H,15,17). The summed E-state index contributed by atoms with van der Waals surface area (Å²) in [7, 11) is 0. The van der Waals surface area contributed by atoms with Gasteiger partial charge in [0.05, 0.1) is 53.8 Å². The summed E-state index contributed by atoms with van der Waals surface area (Å²) in [5.74, 6) is 5.11. The lowest BCUT2D eigenvalue weighted by molar-refractivity contribution is 0.103. The van der Waals surface area contributed by atoms with E-state index in [9.17, 15) is 4.79 Å². The van der Waals surface area contributed by atoms with E-state index in [4.69, 9.17) is 55.9 Å². The number of aliphatic imine (C=N–C) groups is 4. The largest absolute Gasteiger partial charge is 0.435 e. The van der Waals surface area contributed by atoms with Crippen molar-refractivity contribution < 1.29 is 14.3 Å². The van der Waals surface area contributed by atoms with Crippen LogP contribution in [0.2, 0.25) is 20.1 Å². The number of anilines is 6. The molecule has 114 heavy (non-hydrogen) atoms. The zero-order valence-corrected chi connectivity index (χ0v) is 64.4. The summed E-state index contributed by atoms with van der Waals surface area (Å²) in [6.07, 6.45) is 17.0. The Bertz CT molecular complexity index is 6240. The molecule has 0 radical (unpaired) electrons. The number of benzene rings is 5. The number of rotatable bonds is 12. The van der Waals surface area contributed by atoms with Crippen LogP contribution in [0.3, 0.4) is 0 Å². The van der Waals surface area contributed by atoms with Gasteiger partial charge in [-0.1, -0.05) is 113 Å².